The highest BCUT2D eigenvalue weighted by Crippen LogP contribution is 2.24. The Kier molecular flexibility index (Phi) is 5.28. The van der Waals surface area contributed by atoms with Gasteiger partial charge in [-0.15, -0.1) is 0 Å². The molecule has 1 rings (SSSR count). The maximum atomic E-state index is 13.3. The van der Waals surface area contributed by atoms with Crippen molar-refractivity contribution in [1.82, 2.24) is 5.32 Å². The summed E-state index contributed by atoms with van der Waals surface area (Å²) in [6.07, 6.45) is 1.15. The first-order valence-corrected chi connectivity index (χ1v) is 7.02. The number of carbonyl (C=O) groups excluding carboxylic acids is 1. The van der Waals surface area contributed by atoms with Gasteiger partial charge in [0.05, 0.1) is 11.0 Å². The summed E-state index contributed by atoms with van der Waals surface area (Å²) in [5.41, 5.74) is -1.11. The maximum Gasteiger partial charge on any atom is 0.230 e. The quantitative estimate of drug-likeness (QED) is 0.842. The second-order valence-corrected chi connectivity index (χ2v) is 5.75. The zero-order valence-electron chi connectivity index (χ0n) is 12.7. The van der Waals surface area contributed by atoms with Crippen LogP contribution in [0.1, 0.15) is 46.1 Å². The van der Waals surface area contributed by atoms with Crippen LogP contribution in [0.15, 0.2) is 24.3 Å². The van der Waals surface area contributed by atoms with Crippen LogP contribution in [0.5, 0.6) is 0 Å². The van der Waals surface area contributed by atoms with E-state index in [0.717, 1.165) is 0 Å². The molecular formula is C16H24FNO2. The fraction of sp³-hybridized carbons (Fsp3) is 0.562. The van der Waals surface area contributed by atoms with Crippen LogP contribution in [-0.2, 0) is 10.2 Å². The number of aliphatic hydroxyl groups is 1. The summed E-state index contributed by atoms with van der Waals surface area (Å²) in [4.78, 5) is 12.3. The van der Waals surface area contributed by atoms with Crippen molar-refractivity contribution in [3.8, 4) is 0 Å². The van der Waals surface area contributed by atoms with Gasteiger partial charge >= 0.3 is 0 Å². The number of nitrogens with one attached hydrogen (secondary N) is 1. The topological polar surface area (TPSA) is 49.3 Å². The van der Waals surface area contributed by atoms with Crippen molar-refractivity contribution >= 4 is 5.91 Å². The summed E-state index contributed by atoms with van der Waals surface area (Å²) in [5, 5.41) is 13.0. The normalized spacial score (nSPS) is 12.3. The molecule has 0 aromatic heterocycles. The van der Waals surface area contributed by atoms with Crippen LogP contribution in [0, 0.1) is 5.82 Å². The molecule has 0 aliphatic carbocycles. The van der Waals surface area contributed by atoms with Crippen molar-refractivity contribution in [1.29, 1.82) is 0 Å². The van der Waals surface area contributed by atoms with Crippen LogP contribution in [-0.4, -0.2) is 23.2 Å². The lowest BCUT2D eigenvalue weighted by Crippen LogP contribution is -2.47. The van der Waals surface area contributed by atoms with Crippen LogP contribution < -0.4 is 5.32 Å². The van der Waals surface area contributed by atoms with Gasteiger partial charge in [0.15, 0.2) is 0 Å². The van der Waals surface area contributed by atoms with Crippen molar-refractivity contribution in [2.45, 2.75) is 51.6 Å². The van der Waals surface area contributed by atoms with Crippen molar-refractivity contribution < 1.29 is 14.3 Å². The number of amides is 1. The Bertz CT molecular complexity index is 467. The standard InChI is InChI=1S/C16H24FNO2/c1-5-16(20,6-2)11-18-14(19)15(3,4)12-8-7-9-13(17)10-12/h7-10,20H,5-6,11H2,1-4H3,(H,18,19). The highest BCUT2D eigenvalue weighted by Gasteiger charge is 2.32. The van der Waals surface area contributed by atoms with E-state index in [1.54, 1.807) is 26.0 Å². The van der Waals surface area contributed by atoms with Gasteiger partial charge in [0, 0.05) is 6.54 Å². The predicted octanol–water partition coefficient (Wildman–Crippen LogP) is 2.77. The van der Waals surface area contributed by atoms with E-state index in [0.29, 0.717) is 18.4 Å². The molecule has 3 nitrogen and oxygen atoms in total. The molecule has 4 heteroatoms. The molecule has 0 atom stereocenters. The van der Waals surface area contributed by atoms with Gasteiger partial charge in [0.1, 0.15) is 5.82 Å². The first-order valence-electron chi connectivity index (χ1n) is 7.02. The Morgan fingerprint density at radius 3 is 2.40 bits per heavy atom. The van der Waals surface area contributed by atoms with Crippen molar-refractivity contribution in [2.75, 3.05) is 6.54 Å². The minimum Gasteiger partial charge on any atom is -0.388 e. The fourth-order valence-electron chi connectivity index (χ4n) is 1.97. The second-order valence-electron chi connectivity index (χ2n) is 5.75. The molecule has 0 unspecified atom stereocenters. The summed E-state index contributed by atoms with van der Waals surface area (Å²) in [7, 11) is 0. The SMILES string of the molecule is CCC(O)(CC)CNC(=O)C(C)(C)c1cccc(F)c1. The Morgan fingerprint density at radius 2 is 1.90 bits per heavy atom. The molecule has 0 saturated heterocycles. The van der Waals surface area contributed by atoms with Gasteiger partial charge in [-0.1, -0.05) is 26.0 Å². The van der Waals surface area contributed by atoms with E-state index in [9.17, 15) is 14.3 Å². The van der Waals surface area contributed by atoms with Crippen LogP contribution in [0.4, 0.5) is 4.39 Å². The zero-order valence-corrected chi connectivity index (χ0v) is 12.7. The van der Waals surface area contributed by atoms with Gasteiger partial charge in [-0.05, 0) is 44.4 Å². The number of hydrogen-bond donors (Lipinski definition) is 2. The molecule has 1 aromatic carbocycles. The van der Waals surface area contributed by atoms with E-state index < -0.39 is 11.0 Å². The van der Waals surface area contributed by atoms with Crippen molar-refractivity contribution in [3.63, 3.8) is 0 Å². The van der Waals surface area contributed by atoms with Crippen LogP contribution in [0.2, 0.25) is 0 Å². The van der Waals surface area contributed by atoms with E-state index in [2.05, 4.69) is 5.32 Å². The number of halogens is 1. The lowest BCUT2D eigenvalue weighted by Gasteiger charge is -2.29. The first kappa shape index (κ1) is 16.6. The van der Waals surface area contributed by atoms with Crippen molar-refractivity contribution in [2.24, 2.45) is 0 Å². The number of rotatable bonds is 6. The van der Waals surface area contributed by atoms with Gasteiger partial charge in [0.2, 0.25) is 5.91 Å². The van der Waals surface area contributed by atoms with Gasteiger partial charge in [-0.2, -0.15) is 0 Å². The number of benzene rings is 1. The van der Waals surface area contributed by atoms with Gasteiger partial charge in [0.25, 0.3) is 0 Å². The molecule has 0 radical (unpaired) electrons. The smallest absolute Gasteiger partial charge is 0.230 e. The molecule has 112 valence electrons. The Labute approximate surface area is 120 Å². The van der Waals surface area contributed by atoms with Gasteiger partial charge < -0.3 is 10.4 Å². The average molecular weight is 281 g/mol. The predicted molar refractivity (Wildman–Crippen MR) is 78.0 cm³/mol. The van der Waals surface area contributed by atoms with Crippen LogP contribution >= 0.6 is 0 Å². The molecule has 2 N–H and O–H groups in total. The summed E-state index contributed by atoms with van der Waals surface area (Å²) < 4.78 is 13.3. The lowest BCUT2D eigenvalue weighted by atomic mass is 9.83. The van der Waals surface area contributed by atoms with Gasteiger partial charge in [-0.25, -0.2) is 4.39 Å². The molecule has 20 heavy (non-hydrogen) atoms. The van der Waals surface area contributed by atoms with Crippen molar-refractivity contribution in [3.05, 3.63) is 35.6 Å². The molecule has 0 saturated carbocycles. The highest BCUT2D eigenvalue weighted by molar-refractivity contribution is 5.87. The van der Waals surface area contributed by atoms with E-state index in [1.807, 2.05) is 13.8 Å². The lowest BCUT2D eigenvalue weighted by molar-refractivity contribution is -0.127. The summed E-state index contributed by atoms with van der Waals surface area (Å²) in [5.74, 6) is -0.578. The Balaban J connectivity index is 2.80. The largest absolute Gasteiger partial charge is 0.388 e. The van der Waals surface area contributed by atoms with Gasteiger partial charge in [-0.3, -0.25) is 4.79 Å². The first-order chi connectivity index (χ1) is 9.25. The second kappa shape index (κ2) is 6.35. The van der Waals surface area contributed by atoms with Crippen LogP contribution in [0.25, 0.3) is 0 Å². The zero-order chi connectivity index (χ0) is 15.4. The van der Waals surface area contributed by atoms with E-state index in [-0.39, 0.29) is 18.3 Å². The molecule has 0 heterocycles. The summed E-state index contributed by atoms with van der Waals surface area (Å²) in [6.45, 7) is 7.46. The molecule has 0 fully saturated rings. The van der Waals surface area contributed by atoms with E-state index >= 15 is 0 Å². The third kappa shape index (κ3) is 3.79. The molecule has 0 aliphatic heterocycles. The highest BCUT2D eigenvalue weighted by atomic mass is 19.1. The van der Waals surface area contributed by atoms with Crippen LogP contribution in [0.3, 0.4) is 0 Å². The molecule has 0 bridgehead atoms. The minimum atomic E-state index is -0.881. The van der Waals surface area contributed by atoms with E-state index in [1.165, 1.54) is 12.1 Å². The minimum absolute atomic E-state index is 0.206. The fourth-order valence-corrected chi connectivity index (χ4v) is 1.97. The Morgan fingerprint density at radius 1 is 1.30 bits per heavy atom. The summed E-state index contributed by atoms with van der Waals surface area (Å²) >= 11 is 0. The molecular weight excluding hydrogens is 257 g/mol. The average Bonchev–Trinajstić information content (AvgIpc) is 2.44. The molecule has 1 aromatic rings. The third-order valence-corrected chi connectivity index (χ3v) is 4.01. The third-order valence-electron chi connectivity index (χ3n) is 4.01. The molecule has 0 aliphatic rings. The number of carbonyl (C=O) groups is 1. The monoisotopic (exact) mass is 281 g/mol. The molecule has 1 amide bonds. The Hall–Kier alpha value is -1.42. The summed E-state index contributed by atoms with van der Waals surface area (Å²) in [6, 6.07) is 6.04. The number of hydrogen-bond acceptors (Lipinski definition) is 2. The maximum absolute atomic E-state index is 13.3. The molecule has 0 spiro atoms. The van der Waals surface area contributed by atoms with E-state index in [4.69, 9.17) is 0 Å².